The molecule has 10 nitrogen and oxygen atoms in total. The number of hydrogen-bond donors (Lipinski definition) is 2. The van der Waals surface area contributed by atoms with Gasteiger partial charge in [0, 0.05) is 36.5 Å². The SMILES string of the molecule is Cc1c(CCc2cccc3cc([C@@H](C)NC(=O)c4c(N)nn5cccnc45)n(-c4ccccc4)c(=O)c23)cnn1C. The summed E-state index contributed by atoms with van der Waals surface area (Å²) in [6.07, 6.45) is 6.62. The van der Waals surface area contributed by atoms with Crippen molar-refractivity contribution < 1.29 is 4.79 Å². The van der Waals surface area contributed by atoms with E-state index in [1.807, 2.05) is 86.4 Å². The van der Waals surface area contributed by atoms with E-state index < -0.39 is 11.9 Å². The molecule has 0 aliphatic heterocycles. The Kier molecular flexibility index (Phi) is 6.58. The molecule has 6 rings (SSSR count). The van der Waals surface area contributed by atoms with Crippen LogP contribution in [0, 0.1) is 6.92 Å². The molecule has 0 fully saturated rings. The third-order valence-corrected chi connectivity index (χ3v) is 7.62. The molecule has 10 heteroatoms. The quantitative estimate of drug-likeness (QED) is 0.313. The van der Waals surface area contributed by atoms with Crippen LogP contribution in [0.2, 0.25) is 0 Å². The lowest BCUT2D eigenvalue weighted by Gasteiger charge is -2.21. The van der Waals surface area contributed by atoms with Crippen LogP contribution in [0.1, 0.15) is 45.8 Å². The van der Waals surface area contributed by atoms with Gasteiger partial charge in [-0.3, -0.25) is 18.8 Å². The number of amides is 1. The van der Waals surface area contributed by atoms with Crippen molar-refractivity contribution in [2.75, 3.05) is 5.73 Å². The fraction of sp³-hybridized carbons (Fsp3) is 0.194. The molecule has 0 unspecified atom stereocenters. The van der Waals surface area contributed by atoms with Crippen molar-refractivity contribution in [1.82, 2.24) is 34.3 Å². The number of rotatable bonds is 7. The maximum atomic E-state index is 14.3. The predicted octanol–water partition coefficient (Wildman–Crippen LogP) is 3.93. The minimum absolute atomic E-state index is 0.0841. The highest BCUT2D eigenvalue weighted by atomic mass is 16.2. The smallest absolute Gasteiger partial charge is 0.263 e. The average molecular weight is 547 g/mol. The number of carbonyl (C=O) groups excluding carboxylic acids is 1. The zero-order chi connectivity index (χ0) is 28.7. The third-order valence-electron chi connectivity index (χ3n) is 7.62. The number of nitrogen functional groups attached to an aromatic ring is 1. The van der Waals surface area contributed by atoms with E-state index in [9.17, 15) is 9.59 Å². The van der Waals surface area contributed by atoms with Crippen LogP contribution in [0.15, 0.2) is 84.0 Å². The minimum Gasteiger partial charge on any atom is -0.381 e. The molecule has 0 saturated carbocycles. The van der Waals surface area contributed by atoms with Gasteiger partial charge in [0.15, 0.2) is 11.5 Å². The van der Waals surface area contributed by atoms with Gasteiger partial charge < -0.3 is 11.1 Å². The van der Waals surface area contributed by atoms with E-state index in [-0.39, 0.29) is 16.9 Å². The Bertz CT molecular complexity index is 1970. The number of nitrogens with one attached hydrogen (secondary N) is 1. The summed E-state index contributed by atoms with van der Waals surface area (Å²) in [4.78, 5) is 32.0. The number of nitrogens with zero attached hydrogens (tertiary/aromatic N) is 6. The number of fused-ring (bicyclic) bond motifs is 2. The number of nitrogens with two attached hydrogens (primary N) is 1. The molecule has 0 aliphatic carbocycles. The first-order valence-electron chi connectivity index (χ1n) is 13.4. The molecule has 1 atom stereocenters. The monoisotopic (exact) mass is 546 g/mol. The normalized spacial score (nSPS) is 12.2. The van der Waals surface area contributed by atoms with Gasteiger partial charge >= 0.3 is 0 Å². The second-order valence-electron chi connectivity index (χ2n) is 10.1. The molecule has 3 N–H and O–H groups in total. The van der Waals surface area contributed by atoms with Gasteiger partial charge in [0.1, 0.15) is 5.56 Å². The molecule has 0 aliphatic rings. The van der Waals surface area contributed by atoms with Crippen LogP contribution in [-0.2, 0) is 19.9 Å². The number of anilines is 1. The number of pyridine rings is 1. The molecule has 0 bridgehead atoms. The first-order chi connectivity index (χ1) is 19.8. The van der Waals surface area contributed by atoms with Gasteiger partial charge in [-0.05, 0) is 67.5 Å². The molecule has 1 amide bonds. The first kappa shape index (κ1) is 26.0. The maximum absolute atomic E-state index is 14.3. The Morgan fingerprint density at radius 1 is 1.05 bits per heavy atom. The van der Waals surface area contributed by atoms with Crippen LogP contribution in [0.4, 0.5) is 5.82 Å². The minimum atomic E-state index is -0.542. The van der Waals surface area contributed by atoms with E-state index in [1.165, 1.54) is 4.52 Å². The van der Waals surface area contributed by atoms with Crippen LogP contribution < -0.4 is 16.6 Å². The molecule has 4 heterocycles. The van der Waals surface area contributed by atoms with Crippen molar-refractivity contribution in [3.05, 3.63) is 118 Å². The summed E-state index contributed by atoms with van der Waals surface area (Å²) in [5, 5.41) is 13.1. The van der Waals surface area contributed by atoms with Gasteiger partial charge in [0.25, 0.3) is 11.5 Å². The number of para-hydroxylation sites is 1. The van der Waals surface area contributed by atoms with Crippen LogP contribution in [0.3, 0.4) is 0 Å². The van der Waals surface area contributed by atoms with E-state index in [0.29, 0.717) is 28.8 Å². The summed E-state index contributed by atoms with van der Waals surface area (Å²) in [6.45, 7) is 3.90. The Labute approximate surface area is 236 Å². The molecule has 206 valence electrons. The third kappa shape index (κ3) is 4.63. The van der Waals surface area contributed by atoms with Crippen molar-refractivity contribution in [2.24, 2.45) is 7.05 Å². The zero-order valence-corrected chi connectivity index (χ0v) is 23.1. The van der Waals surface area contributed by atoms with Crippen molar-refractivity contribution >= 4 is 28.1 Å². The summed E-state index contributed by atoms with van der Waals surface area (Å²) < 4.78 is 5.02. The predicted molar refractivity (Wildman–Crippen MR) is 158 cm³/mol. The van der Waals surface area contributed by atoms with Crippen molar-refractivity contribution in [3.63, 3.8) is 0 Å². The Morgan fingerprint density at radius 2 is 1.83 bits per heavy atom. The van der Waals surface area contributed by atoms with E-state index >= 15 is 0 Å². The molecule has 2 aromatic carbocycles. The van der Waals surface area contributed by atoms with Crippen LogP contribution in [-0.4, -0.2) is 34.9 Å². The fourth-order valence-corrected chi connectivity index (χ4v) is 5.35. The summed E-state index contributed by atoms with van der Waals surface area (Å²) in [5.41, 5.74) is 11.1. The number of carbonyl (C=O) groups is 1. The van der Waals surface area contributed by atoms with Gasteiger partial charge in [-0.1, -0.05) is 36.4 Å². The summed E-state index contributed by atoms with van der Waals surface area (Å²) in [5.74, 6) is -0.336. The maximum Gasteiger partial charge on any atom is 0.263 e. The Balaban J connectivity index is 1.43. The summed E-state index contributed by atoms with van der Waals surface area (Å²) in [7, 11) is 1.93. The second-order valence-corrected chi connectivity index (χ2v) is 10.1. The van der Waals surface area contributed by atoms with Crippen molar-refractivity contribution in [2.45, 2.75) is 32.7 Å². The summed E-state index contributed by atoms with van der Waals surface area (Å²) >= 11 is 0. The van der Waals surface area contributed by atoms with Gasteiger partial charge in [-0.25, -0.2) is 9.50 Å². The number of hydrogen-bond acceptors (Lipinski definition) is 6. The molecule has 4 aromatic heterocycles. The molecule has 0 saturated heterocycles. The van der Waals surface area contributed by atoms with Crippen molar-refractivity contribution in [1.29, 1.82) is 0 Å². The van der Waals surface area contributed by atoms with E-state index in [4.69, 9.17) is 5.73 Å². The highest BCUT2D eigenvalue weighted by Gasteiger charge is 2.24. The molecule has 0 spiro atoms. The number of aryl methyl sites for hydroxylation is 3. The zero-order valence-electron chi connectivity index (χ0n) is 23.1. The fourth-order valence-electron chi connectivity index (χ4n) is 5.35. The van der Waals surface area contributed by atoms with Gasteiger partial charge in [-0.15, -0.1) is 5.10 Å². The largest absolute Gasteiger partial charge is 0.381 e. The number of aromatic nitrogens is 6. The van der Waals surface area contributed by atoms with Crippen LogP contribution in [0.5, 0.6) is 0 Å². The lowest BCUT2D eigenvalue weighted by atomic mass is 9.98. The second kappa shape index (κ2) is 10.4. The molecule has 0 radical (unpaired) electrons. The molecule has 41 heavy (non-hydrogen) atoms. The van der Waals surface area contributed by atoms with Crippen molar-refractivity contribution in [3.8, 4) is 5.69 Å². The van der Waals surface area contributed by atoms with Gasteiger partial charge in [0.05, 0.1) is 17.6 Å². The standard InChI is InChI=1S/C31H30N8O2/c1-19(35-30(40)27-28(32)36-38-16-8-15-33-29(27)38)25-17-22-10-7-9-21(13-14-23-18-34-37(3)20(23)2)26(22)31(41)39(25)24-11-5-4-6-12-24/h4-12,15-19H,13-14H2,1-3H3,(H2,32,36)(H,35,40)/t19-/m1/s1. The Morgan fingerprint density at radius 3 is 2.59 bits per heavy atom. The van der Waals surface area contributed by atoms with Gasteiger partial charge in [-0.2, -0.15) is 5.10 Å². The van der Waals surface area contributed by atoms with Gasteiger partial charge in [0.2, 0.25) is 0 Å². The summed E-state index contributed by atoms with van der Waals surface area (Å²) in [6, 6.07) is 18.5. The highest BCUT2D eigenvalue weighted by Crippen LogP contribution is 2.25. The van der Waals surface area contributed by atoms with E-state index in [0.717, 1.165) is 28.6 Å². The molecule has 6 aromatic rings. The lowest BCUT2D eigenvalue weighted by molar-refractivity contribution is 0.0941. The number of benzene rings is 2. The van der Waals surface area contributed by atoms with E-state index in [2.05, 4.69) is 20.5 Å². The highest BCUT2D eigenvalue weighted by molar-refractivity contribution is 6.04. The topological polar surface area (TPSA) is 125 Å². The first-order valence-corrected chi connectivity index (χ1v) is 13.4. The molecular weight excluding hydrogens is 516 g/mol. The average Bonchev–Trinajstić information content (AvgIpc) is 3.49. The lowest BCUT2D eigenvalue weighted by Crippen LogP contribution is -2.32. The van der Waals surface area contributed by atoms with Crippen LogP contribution in [0.25, 0.3) is 22.1 Å². The van der Waals surface area contributed by atoms with Crippen LogP contribution >= 0.6 is 0 Å². The molecular formula is C31H30N8O2. The Hall–Kier alpha value is -5.25. The van der Waals surface area contributed by atoms with E-state index in [1.54, 1.807) is 23.0 Å².